The van der Waals surface area contributed by atoms with Gasteiger partial charge in [0.25, 0.3) is 17.1 Å². The second-order valence-corrected chi connectivity index (χ2v) is 17.0. The van der Waals surface area contributed by atoms with E-state index < -0.39 is 113 Å². The monoisotopic (exact) mass is 889 g/mol. The number of rotatable bonds is 15. The lowest BCUT2D eigenvalue weighted by Crippen LogP contribution is -2.31. The minimum absolute atomic E-state index is 0.0227. The number of non-ortho nitro benzene ring substituents is 3. The van der Waals surface area contributed by atoms with Gasteiger partial charge in [0.2, 0.25) is 5.75 Å². The third-order valence-electron chi connectivity index (χ3n) is 8.57. The average Bonchev–Trinajstić information content (AvgIpc) is 3.20. The summed E-state index contributed by atoms with van der Waals surface area (Å²) in [6, 6.07) is 15.2. The van der Waals surface area contributed by atoms with E-state index in [4.69, 9.17) is 26.8 Å². The van der Waals surface area contributed by atoms with E-state index in [-0.39, 0.29) is 28.4 Å². The van der Waals surface area contributed by atoms with E-state index in [1.165, 1.54) is 20.3 Å². The number of nitro groups is 3. The number of nitro benzene ring substituents is 3. The summed E-state index contributed by atoms with van der Waals surface area (Å²) in [7, 11) is -12.0. The molecule has 1 N–H and O–H groups in total. The molecule has 1 aliphatic heterocycles. The number of hydrogen-bond donors (Lipinski definition) is 1. The van der Waals surface area contributed by atoms with E-state index in [1.807, 2.05) is 0 Å². The van der Waals surface area contributed by atoms with Crippen molar-refractivity contribution in [1.29, 1.82) is 0 Å². The van der Waals surface area contributed by atoms with Crippen LogP contribution in [0.2, 0.25) is 0 Å². The largest absolute Gasteiger partial charge is 0.493 e. The highest BCUT2D eigenvalue weighted by Crippen LogP contribution is 2.47. The van der Waals surface area contributed by atoms with Gasteiger partial charge in [-0.1, -0.05) is 0 Å². The number of methoxy groups -OCH3 is 2. The third kappa shape index (κ3) is 8.82. The molecule has 0 aliphatic carbocycles. The molecule has 1 heterocycles. The highest BCUT2D eigenvalue weighted by Gasteiger charge is 2.36. The van der Waals surface area contributed by atoms with Crippen molar-refractivity contribution in [3.8, 4) is 34.5 Å². The quantitative estimate of drug-likeness (QED) is 0.0840. The first-order valence-corrected chi connectivity index (χ1v) is 20.8. The van der Waals surface area contributed by atoms with Crippen molar-refractivity contribution in [2.75, 3.05) is 14.2 Å². The summed E-state index contributed by atoms with van der Waals surface area (Å²) in [5, 5.41) is 44.8. The fraction of sp³-hybridized carbons (Fsp3) is 0.143. The number of nitrogens with zero attached hydrogens (tertiary/aromatic N) is 3. The number of benzene rings is 5. The van der Waals surface area contributed by atoms with Crippen molar-refractivity contribution >= 4 is 47.4 Å². The van der Waals surface area contributed by atoms with Gasteiger partial charge < -0.3 is 31.9 Å². The Labute approximate surface area is 338 Å². The highest BCUT2D eigenvalue weighted by atomic mass is 32.2. The van der Waals surface area contributed by atoms with Gasteiger partial charge in [0.05, 0.1) is 35.1 Å². The summed E-state index contributed by atoms with van der Waals surface area (Å²) in [6.45, 7) is 0. The summed E-state index contributed by atoms with van der Waals surface area (Å²) in [5.74, 6) is -2.39. The zero-order valence-corrected chi connectivity index (χ0v) is 32.9. The van der Waals surface area contributed by atoms with E-state index in [2.05, 4.69) is 0 Å². The molecule has 6 rings (SSSR count). The smallest absolute Gasteiger partial charge is 0.339 e. The van der Waals surface area contributed by atoms with Crippen molar-refractivity contribution in [1.82, 2.24) is 0 Å². The average molecular weight is 890 g/mol. The van der Waals surface area contributed by atoms with Gasteiger partial charge in [0, 0.05) is 66.1 Å². The molecule has 0 bridgehead atoms. The normalized spacial score (nSPS) is 15.1. The number of aliphatic hydroxyl groups is 1. The van der Waals surface area contributed by atoms with Gasteiger partial charge in [0.15, 0.2) is 23.4 Å². The minimum atomic E-state index is -4.83. The predicted octanol–water partition coefficient (Wildman–Crippen LogP) is 4.77. The van der Waals surface area contributed by atoms with Gasteiger partial charge in [-0.3, -0.25) is 30.3 Å². The van der Waals surface area contributed by atoms with Crippen LogP contribution in [0.1, 0.15) is 17.2 Å². The van der Waals surface area contributed by atoms with Gasteiger partial charge in [-0.25, -0.2) is 0 Å². The summed E-state index contributed by atoms with van der Waals surface area (Å²) in [6.07, 6.45) is -3.52. The van der Waals surface area contributed by atoms with Crippen LogP contribution in [-0.4, -0.2) is 65.5 Å². The Kier molecular flexibility index (Phi) is 11.5. The van der Waals surface area contributed by atoms with Gasteiger partial charge >= 0.3 is 30.4 Å². The maximum Gasteiger partial charge on any atom is 0.339 e. The van der Waals surface area contributed by atoms with E-state index in [0.717, 1.165) is 91.0 Å². The molecule has 25 heteroatoms. The number of aliphatic hydroxyl groups excluding tert-OH is 1. The van der Waals surface area contributed by atoms with Crippen LogP contribution in [0.4, 0.5) is 17.1 Å². The van der Waals surface area contributed by atoms with E-state index >= 15 is 0 Å². The first-order chi connectivity index (χ1) is 28.2. The number of fused-ring (bicyclic) bond motifs is 1. The van der Waals surface area contributed by atoms with E-state index in [0.29, 0.717) is 0 Å². The Balaban J connectivity index is 1.42. The van der Waals surface area contributed by atoms with Gasteiger partial charge in [0.1, 0.15) is 26.2 Å². The van der Waals surface area contributed by atoms with Crippen molar-refractivity contribution < 1.29 is 71.9 Å². The Bertz CT molecular complexity index is 2850. The second kappa shape index (κ2) is 16.3. The molecule has 314 valence electrons. The summed E-state index contributed by atoms with van der Waals surface area (Å²) in [5.41, 5.74) is -1.42. The van der Waals surface area contributed by atoms with Crippen molar-refractivity contribution in [2.45, 2.75) is 33.3 Å². The Hall–Kier alpha value is -7.09. The minimum Gasteiger partial charge on any atom is -0.493 e. The van der Waals surface area contributed by atoms with Crippen molar-refractivity contribution in [3.63, 3.8) is 0 Å². The van der Waals surface area contributed by atoms with Gasteiger partial charge in [-0.15, -0.1) is 0 Å². The third-order valence-corrected chi connectivity index (χ3v) is 12.3. The number of hydrogen-bond acceptors (Lipinski definition) is 19. The van der Waals surface area contributed by atoms with Crippen molar-refractivity contribution in [3.05, 3.63) is 139 Å². The van der Waals surface area contributed by atoms with Crippen LogP contribution in [0, 0.1) is 30.3 Å². The molecular weight excluding hydrogens is 863 g/mol. The molecule has 0 amide bonds. The molecule has 5 aromatic rings. The van der Waals surface area contributed by atoms with E-state index in [1.54, 1.807) is 0 Å². The maximum atomic E-state index is 13.4. The first kappa shape index (κ1) is 42.5. The molecule has 0 spiro atoms. The van der Waals surface area contributed by atoms with Crippen LogP contribution in [0.5, 0.6) is 34.5 Å². The lowest BCUT2D eigenvalue weighted by molar-refractivity contribution is -0.385. The molecule has 0 saturated carbocycles. The maximum absolute atomic E-state index is 13.4. The molecule has 60 heavy (non-hydrogen) atoms. The lowest BCUT2D eigenvalue weighted by atomic mass is 9.93. The fourth-order valence-electron chi connectivity index (χ4n) is 5.73. The summed E-state index contributed by atoms with van der Waals surface area (Å²) < 4.78 is 113. The van der Waals surface area contributed by atoms with Crippen LogP contribution in [0.25, 0.3) is 0 Å². The van der Waals surface area contributed by atoms with Gasteiger partial charge in [-0.2, -0.15) is 25.3 Å². The molecule has 5 aromatic carbocycles. The van der Waals surface area contributed by atoms with Crippen LogP contribution in [-0.2, 0) is 36.8 Å². The fourth-order valence-corrected chi connectivity index (χ4v) is 8.52. The Morgan fingerprint density at radius 2 is 1.00 bits per heavy atom. The molecule has 0 unspecified atom stereocenters. The first-order valence-electron chi connectivity index (χ1n) is 16.6. The predicted molar refractivity (Wildman–Crippen MR) is 202 cm³/mol. The molecular formula is C35H27N3O19S3. The zero-order chi connectivity index (χ0) is 43.7. The molecule has 2 atom stereocenters. The summed E-state index contributed by atoms with van der Waals surface area (Å²) >= 11 is 0. The SMILES string of the molecule is COc1cc([C@H]2Oc3cc(OS(=O)(=O)c4ccc([N+](=O)[O-])cc4)cc(OS(=O)(=O)c4ccc([N+](=O)[O-])cc4)c3C[C@H]2O)cc(OS(=O)(=O)c2ccc([N+](=O)[O-])cc2)c1OC. The van der Waals surface area contributed by atoms with Gasteiger partial charge in [-0.05, 0) is 48.5 Å². The topological polar surface area (TPSA) is 307 Å². The molecule has 22 nitrogen and oxygen atoms in total. The Morgan fingerprint density at radius 3 is 1.42 bits per heavy atom. The zero-order valence-electron chi connectivity index (χ0n) is 30.5. The summed E-state index contributed by atoms with van der Waals surface area (Å²) in [4.78, 5) is 29.5. The van der Waals surface area contributed by atoms with Crippen LogP contribution < -0.4 is 26.8 Å². The van der Waals surface area contributed by atoms with Crippen LogP contribution in [0.15, 0.2) is 112 Å². The molecule has 0 aromatic heterocycles. The van der Waals surface area contributed by atoms with Crippen LogP contribution >= 0.6 is 0 Å². The van der Waals surface area contributed by atoms with E-state index in [9.17, 15) is 60.7 Å². The standard InChI is InChI=1S/C35H27N3O19S3/c1-52-32-15-20(16-33(35(32)53-2)57-60(50,51)27-13-7-23(8-14-27)38(44)45)34-29(39)19-28-30(54-34)17-24(55-58(46,47)25-9-3-21(4-10-25)36(40)41)18-31(28)56-59(48,49)26-11-5-22(6-12-26)37(42)43/h3-18,29,34,39H,19H2,1-2H3/t29-,34-/m1/s1. The Morgan fingerprint density at radius 1 is 0.583 bits per heavy atom. The molecule has 1 aliphatic rings. The molecule has 0 saturated heterocycles. The highest BCUT2D eigenvalue weighted by molar-refractivity contribution is 7.87. The number of ether oxygens (including phenoxy) is 3. The molecule has 0 radical (unpaired) electrons. The molecule has 0 fully saturated rings. The lowest BCUT2D eigenvalue weighted by Gasteiger charge is -2.32. The second-order valence-electron chi connectivity index (χ2n) is 12.3. The van der Waals surface area contributed by atoms with Crippen LogP contribution in [0.3, 0.4) is 0 Å². The van der Waals surface area contributed by atoms with Crippen molar-refractivity contribution in [2.24, 2.45) is 0 Å².